The van der Waals surface area contributed by atoms with E-state index < -0.39 is 23.6 Å². The molecule has 8 heteroatoms. The molecule has 0 saturated carbocycles. The number of phenols is 1. The first-order valence-corrected chi connectivity index (χ1v) is 8.83. The van der Waals surface area contributed by atoms with Gasteiger partial charge in [-0.25, -0.2) is 9.59 Å². The maximum atomic E-state index is 12.6. The van der Waals surface area contributed by atoms with Crippen LogP contribution in [0, 0.1) is 5.41 Å². The van der Waals surface area contributed by atoms with Crippen molar-refractivity contribution in [2.24, 2.45) is 5.41 Å². The molecule has 1 aliphatic heterocycles. The lowest BCUT2D eigenvalue weighted by molar-refractivity contribution is -0.131. The molecule has 29 heavy (non-hydrogen) atoms. The number of anilines is 1. The van der Waals surface area contributed by atoms with Crippen molar-refractivity contribution in [2.45, 2.75) is 20.0 Å². The third-order valence-electron chi connectivity index (χ3n) is 4.37. The molecule has 1 atom stereocenters. The molecular formula is C21H21NO7. The van der Waals surface area contributed by atoms with Crippen molar-refractivity contribution in [3.63, 3.8) is 0 Å². The number of nitrogens with one attached hydrogen (secondary N) is 1. The Morgan fingerprint density at radius 2 is 1.83 bits per heavy atom. The molecule has 1 heterocycles. The lowest BCUT2D eigenvalue weighted by Gasteiger charge is -2.31. The molecule has 0 aromatic heterocycles. The van der Waals surface area contributed by atoms with Crippen LogP contribution < -0.4 is 14.8 Å². The molecule has 8 nitrogen and oxygen atoms in total. The number of fused-ring (bicyclic) bond motifs is 1. The highest BCUT2D eigenvalue weighted by atomic mass is 16.7. The average Bonchev–Trinajstić information content (AvgIpc) is 3.13. The van der Waals surface area contributed by atoms with Crippen LogP contribution in [-0.2, 0) is 9.53 Å². The number of hydrogen-bond acceptors (Lipinski definition) is 6. The van der Waals surface area contributed by atoms with Gasteiger partial charge >= 0.3 is 12.1 Å². The zero-order valence-electron chi connectivity index (χ0n) is 15.9. The zero-order valence-corrected chi connectivity index (χ0v) is 15.9. The fourth-order valence-corrected chi connectivity index (χ4v) is 2.90. The van der Waals surface area contributed by atoms with E-state index in [4.69, 9.17) is 19.3 Å². The molecule has 0 unspecified atom stereocenters. The van der Waals surface area contributed by atoms with Gasteiger partial charge in [0.15, 0.2) is 11.5 Å². The molecule has 2 aromatic rings. The number of aromatic hydroxyl groups is 1. The van der Waals surface area contributed by atoms with Crippen LogP contribution in [0.4, 0.5) is 10.5 Å². The summed E-state index contributed by atoms with van der Waals surface area (Å²) >= 11 is 0. The van der Waals surface area contributed by atoms with E-state index in [2.05, 4.69) is 5.32 Å². The molecule has 152 valence electrons. The van der Waals surface area contributed by atoms with E-state index in [0.717, 1.165) is 6.08 Å². The predicted molar refractivity (Wildman–Crippen MR) is 104 cm³/mol. The normalized spacial score (nSPS) is 13.9. The first-order chi connectivity index (χ1) is 13.7. The summed E-state index contributed by atoms with van der Waals surface area (Å²) in [5, 5.41) is 21.1. The Labute approximate surface area is 167 Å². The van der Waals surface area contributed by atoms with Crippen LogP contribution in [0.2, 0.25) is 0 Å². The minimum Gasteiger partial charge on any atom is -0.508 e. The Morgan fingerprint density at radius 1 is 1.14 bits per heavy atom. The van der Waals surface area contributed by atoms with E-state index in [0.29, 0.717) is 22.7 Å². The Hall–Kier alpha value is -3.68. The molecule has 0 fully saturated rings. The number of benzene rings is 2. The highest BCUT2D eigenvalue weighted by Gasteiger charge is 2.32. The molecule has 0 bridgehead atoms. The summed E-state index contributed by atoms with van der Waals surface area (Å²) in [5.74, 6) is 0.0666. The molecule has 1 amide bonds. The topological polar surface area (TPSA) is 114 Å². The number of phenolic OH excluding ortho intramolecular Hbond substituents is 1. The van der Waals surface area contributed by atoms with Crippen LogP contribution in [0.1, 0.15) is 25.5 Å². The van der Waals surface area contributed by atoms with Gasteiger partial charge in [0.2, 0.25) is 6.79 Å². The van der Waals surface area contributed by atoms with E-state index in [1.54, 1.807) is 44.2 Å². The number of rotatable bonds is 6. The minimum absolute atomic E-state index is 0.0659. The van der Waals surface area contributed by atoms with Crippen molar-refractivity contribution >= 4 is 17.7 Å². The summed E-state index contributed by atoms with van der Waals surface area (Å²) in [5.41, 5.74) is 0.216. The smallest absolute Gasteiger partial charge is 0.412 e. The molecular weight excluding hydrogens is 378 g/mol. The molecule has 1 aliphatic rings. The zero-order chi connectivity index (χ0) is 21.0. The first-order valence-electron chi connectivity index (χ1n) is 8.83. The molecule has 3 rings (SSSR count). The summed E-state index contributed by atoms with van der Waals surface area (Å²) in [4.78, 5) is 23.5. The second-order valence-corrected chi connectivity index (χ2v) is 7.06. The number of amides is 1. The fraction of sp³-hybridized carbons (Fsp3) is 0.238. The van der Waals surface area contributed by atoms with Crippen LogP contribution >= 0.6 is 0 Å². The average molecular weight is 399 g/mol. The fourth-order valence-electron chi connectivity index (χ4n) is 2.90. The first kappa shape index (κ1) is 20.1. The van der Waals surface area contributed by atoms with Crippen molar-refractivity contribution in [1.82, 2.24) is 0 Å². The van der Waals surface area contributed by atoms with Crippen LogP contribution in [0.5, 0.6) is 17.2 Å². The van der Waals surface area contributed by atoms with Gasteiger partial charge in [-0.05, 0) is 29.8 Å². The number of aliphatic carboxylic acids is 1. The summed E-state index contributed by atoms with van der Waals surface area (Å²) in [6.45, 7) is 3.62. The van der Waals surface area contributed by atoms with Gasteiger partial charge in [-0.3, -0.25) is 5.32 Å². The maximum Gasteiger partial charge on any atom is 0.412 e. The van der Waals surface area contributed by atoms with Crippen molar-refractivity contribution in [3.05, 3.63) is 60.2 Å². The number of carbonyl (C=O) groups is 2. The van der Waals surface area contributed by atoms with Crippen LogP contribution in [0.15, 0.2) is 54.6 Å². The number of hydrogen-bond donors (Lipinski definition) is 3. The van der Waals surface area contributed by atoms with E-state index in [9.17, 15) is 14.7 Å². The van der Waals surface area contributed by atoms with Crippen LogP contribution in [0.3, 0.4) is 0 Å². The quantitative estimate of drug-likeness (QED) is 0.627. The van der Waals surface area contributed by atoms with Crippen molar-refractivity contribution in [1.29, 1.82) is 0 Å². The van der Waals surface area contributed by atoms with Crippen LogP contribution in [0.25, 0.3) is 0 Å². The third-order valence-corrected chi connectivity index (χ3v) is 4.37. The van der Waals surface area contributed by atoms with E-state index in [-0.39, 0.29) is 12.5 Å². The van der Waals surface area contributed by atoms with Gasteiger partial charge in [0.05, 0.1) is 0 Å². The number of carboxylic acid groups (broad SMARTS) is 1. The van der Waals surface area contributed by atoms with E-state index >= 15 is 0 Å². The second kappa shape index (κ2) is 8.14. The van der Waals surface area contributed by atoms with Gasteiger partial charge < -0.3 is 24.4 Å². The van der Waals surface area contributed by atoms with E-state index in [1.165, 1.54) is 18.2 Å². The standard InChI is InChI=1S/C21H21NO7/c1-21(2,10-9-18(24)25)19(13-3-6-15(23)7-4-13)29-20(26)22-14-5-8-16-17(11-14)28-12-27-16/h3-11,19,23H,12H2,1-2H3,(H,22,26)(H,24,25)/b10-9+/t19-/m1/s1. The van der Waals surface area contributed by atoms with Gasteiger partial charge in [0, 0.05) is 23.2 Å². The summed E-state index contributed by atoms with van der Waals surface area (Å²) < 4.78 is 16.2. The molecule has 0 spiro atoms. The van der Waals surface area contributed by atoms with Gasteiger partial charge in [0.1, 0.15) is 11.9 Å². The van der Waals surface area contributed by atoms with E-state index in [1.807, 2.05) is 0 Å². The number of carboxylic acids is 1. The Morgan fingerprint density at radius 3 is 2.52 bits per heavy atom. The Kier molecular flexibility index (Phi) is 5.63. The lowest BCUT2D eigenvalue weighted by Crippen LogP contribution is -2.27. The molecule has 2 aromatic carbocycles. The van der Waals surface area contributed by atoms with Crippen molar-refractivity contribution in [3.8, 4) is 17.2 Å². The second-order valence-electron chi connectivity index (χ2n) is 7.06. The van der Waals surface area contributed by atoms with Gasteiger partial charge in [0.25, 0.3) is 0 Å². The van der Waals surface area contributed by atoms with Gasteiger partial charge in [-0.2, -0.15) is 0 Å². The van der Waals surface area contributed by atoms with Crippen molar-refractivity contribution in [2.75, 3.05) is 12.1 Å². The van der Waals surface area contributed by atoms with Crippen molar-refractivity contribution < 1.29 is 34.0 Å². The molecule has 0 aliphatic carbocycles. The predicted octanol–water partition coefficient (Wildman–Crippen LogP) is 4.08. The van der Waals surface area contributed by atoms with Gasteiger partial charge in [-0.1, -0.05) is 32.1 Å². The van der Waals surface area contributed by atoms with Gasteiger partial charge in [-0.15, -0.1) is 0 Å². The molecule has 0 radical (unpaired) electrons. The SMILES string of the molecule is CC(C)(/C=C/C(=O)O)[C@H](OC(=O)Nc1ccc2c(c1)OCO2)c1ccc(O)cc1. The third kappa shape index (κ3) is 4.98. The van der Waals surface area contributed by atoms with Crippen LogP contribution in [-0.4, -0.2) is 29.1 Å². The molecule has 0 saturated heterocycles. The number of ether oxygens (including phenoxy) is 3. The highest BCUT2D eigenvalue weighted by Crippen LogP contribution is 2.39. The summed E-state index contributed by atoms with van der Waals surface area (Å²) in [7, 11) is 0. The highest BCUT2D eigenvalue weighted by molar-refractivity contribution is 5.85. The molecule has 3 N–H and O–H groups in total. The number of carbonyl (C=O) groups excluding carboxylic acids is 1. The largest absolute Gasteiger partial charge is 0.508 e. The summed E-state index contributed by atoms with van der Waals surface area (Å²) in [6, 6.07) is 11.1. The Bertz CT molecular complexity index is 935. The Balaban J connectivity index is 1.81. The lowest BCUT2D eigenvalue weighted by atomic mass is 9.82. The minimum atomic E-state index is -1.10. The monoisotopic (exact) mass is 399 g/mol. The maximum absolute atomic E-state index is 12.6. The summed E-state index contributed by atoms with van der Waals surface area (Å²) in [6.07, 6.45) is 0.930.